The molecule has 0 bridgehead atoms. The zero-order valence-corrected chi connectivity index (χ0v) is 14.0. The van der Waals surface area contributed by atoms with Crippen LogP contribution in [0.5, 0.6) is 5.75 Å². The van der Waals surface area contributed by atoms with Gasteiger partial charge in [0.15, 0.2) is 0 Å². The van der Waals surface area contributed by atoms with Gasteiger partial charge in [-0.2, -0.15) is 0 Å². The van der Waals surface area contributed by atoms with Crippen molar-refractivity contribution in [1.82, 2.24) is 10.3 Å². The standard InChI is InChI=1S/C18H32N2O/c1-4-5-6-7-8-9-10-11-12-17(19-2)16-13-14-20-15-18(16)21-3/h13-15,17,19H,4-12H2,1-3H3. The van der Waals surface area contributed by atoms with E-state index in [1.165, 1.54) is 56.9 Å². The first-order valence-corrected chi connectivity index (χ1v) is 8.48. The highest BCUT2D eigenvalue weighted by Gasteiger charge is 2.13. The summed E-state index contributed by atoms with van der Waals surface area (Å²) in [6.07, 6.45) is 15.7. The zero-order chi connectivity index (χ0) is 15.3. The van der Waals surface area contributed by atoms with Gasteiger partial charge in [-0.05, 0) is 19.5 Å². The highest BCUT2D eigenvalue weighted by molar-refractivity contribution is 5.32. The second-order valence-corrected chi connectivity index (χ2v) is 5.72. The molecular weight excluding hydrogens is 260 g/mol. The topological polar surface area (TPSA) is 34.2 Å². The fraction of sp³-hybridized carbons (Fsp3) is 0.722. The minimum atomic E-state index is 0.364. The van der Waals surface area contributed by atoms with E-state index in [1.807, 2.05) is 13.2 Å². The Hall–Kier alpha value is -1.09. The third-order valence-electron chi connectivity index (χ3n) is 4.11. The summed E-state index contributed by atoms with van der Waals surface area (Å²) in [6, 6.07) is 2.42. The molecule has 120 valence electrons. The Labute approximate surface area is 130 Å². The molecule has 0 amide bonds. The molecule has 1 heterocycles. The fourth-order valence-corrected chi connectivity index (χ4v) is 2.79. The summed E-state index contributed by atoms with van der Waals surface area (Å²) in [5.74, 6) is 0.886. The molecule has 21 heavy (non-hydrogen) atoms. The highest BCUT2D eigenvalue weighted by Crippen LogP contribution is 2.27. The highest BCUT2D eigenvalue weighted by atomic mass is 16.5. The van der Waals surface area contributed by atoms with E-state index in [0.29, 0.717) is 6.04 Å². The maximum absolute atomic E-state index is 5.41. The quantitative estimate of drug-likeness (QED) is 0.557. The molecule has 0 saturated heterocycles. The largest absolute Gasteiger partial charge is 0.495 e. The van der Waals surface area contributed by atoms with Crippen molar-refractivity contribution in [3.8, 4) is 5.75 Å². The first kappa shape index (κ1) is 18.0. The molecule has 0 aromatic carbocycles. The van der Waals surface area contributed by atoms with E-state index in [2.05, 4.69) is 23.3 Å². The van der Waals surface area contributed by atoms with Gasteiger partial charge in [0.1, 0.15) is 5.75 Å². The van der Waals surface area contributed by atoms with Crippen LogP contribution in [0, 0.1) is 0 Å². The van der Waals surface area contributed by atoms with Gasteiger partial charge in [0.25, 0.3) is 0 Å². The number of methoxy groups -OCH3 is 1. The van der Waals surface area contributed by atoms with Crippen molar-refractivity contribution in [2.75, 3.05) is 14.2 Å². The van der Waals surface area contributed by atoms with Crippen molar-refractivity contribution < 1.29 is 4.74 Å². The van der Waals surface area contributed by atoms with E-state index in [9.17, 15) is 0 Å². The average Bonchev–Trinajstić information content (AvgIpc) is 2.53. The van der Waals surface area contributed by atoms with E-state index in [-0.39, 0.29) is 0 Å². The van der Waals surface area contributed by atoms with Crippen LogP contribution in [0.15, 0.2) is 18.5 Å². The molecule has 0 saturated carbocycles. The van der Waals surface area contributed by atoms with Crippen LogP contribution in [0.3, 0.4) is 0 Å². The summed E-state index contributed by atoms with van der Waals surface area (Å²) in [5, 5.41) is 3.40. The van der Waals surface area contributed by atoms with Crippen LogP contribution in [0.2, 0.25) is 0 Å². The molecule has 1 N–H and O–H groups in total. The summed E-state index contributed by atoms with van der Waals surface area (Å²) in [5.41, 5.74) is 1.22. The van der Waals surface area contributed by atoms with Gasteiger partial charge in [0.2, 0.25) is 0 Å². The molecule has 1 aromatic rings. The lowest BCUT2D eigenvalue weighted by Crippen LogP contribution is -2.17. The summed E-state index contributed by atoms with van der Waals surface area (Å²) >= 11 is 0. The maximum Gasteiger partial charge on any atom is 0.141 e. The predicted octanol–water partition coefficient (Wildman–Crippen LogP) is 4.88. The van der Waals surface area contributed by atoms with Crippen LogP contribution in [0.25, 0.3) is 0 Å². The van der Waals surface area contributed by atoms with Gasteiger partial charge in [-0.15, -0.1) is 0 Å². The first-order valence-electron chi connectivity index (χ1n) is 8.48. The molecule has 0 aliphatic rings. The normalized spacial score (nSPS) is 12.3. The first-order chi connectivity index (χ1) is 10.3. The number of hydrogen-bond acceptors (Lipinski definition) is 3. The molecule has 1 unspecified atom stereocenters. The SMILES string of the molecule is CCCCCCCCCCC(NC)c1ccncc1OC. The molecule has 0 aliphatic carbocycles. The molecule has 0 spiro atoms. The average molecular weight is 292 g/mol. The Morgan fingerprint density at radius 1 is 1.10 bits per heavy atom. The van der Waals surface area contributed by atoms with Crippen LogP contribution in [0.1, 0.15) is 76.3 Å². The van der Waals surface area contributed by atoms with Crippen molar-refractivity contribution in [3.05, 3.63) is 24.0 Å². The number of nitrogens with one attached hydrogen (secondary N) is 1. The number of pyridine rings is 1. The van der Waals surface area contributed by atoms with Gasteiger partial charge >= 0.3 is 0 Å². The number of hydrogen-bond donors (Lipinski definition) is 1. The lowest BCUT2D eigenvalue weighted by molar-refractivity contribution is 0.394. The number of nitrogens with zero attached hydrogens (tertiary/aromatic N) is 1. The van der Waals surface area contributed by atoms with Crippen molar-refractivity contribution >= 4 is 0 Å². The predicted molar refractivity (Wildman–Crippen MR) is 89.8 cm³/mol. The summed E-state index contributed by atoms with van der Waals surface area (Å²) < 4.78 is 5.41. The molecular formula is C18H32N2O. The number of aromatic nitrogens is 1. The smallest absolute Gasteiger partial charge is 0.141 e. The minimum absolute atomic E-state index is 0.364. The van der Waals surface area contributed by atoms with Gasteiger partial charge in [0, 0.05) is 17.8 Å². The summed E-state index contributed by atoms with van der Waals surface area (Å²) in [7, 11) is 3.73. The lowest BCUT2D eigenvalue weighted by atomic mass is 9.99. The molecule has 3 heteroatoms. The van der Waals surface area contributed by atoms with Crippen molar-refractivity contribution in [2.24, 2.45) is 0 Å². The molecule has 0 radical (unpaired) electrons. The van der Waals surface area contributed by atoms with Crippen molar-refractivity contribution in [2.45, 2.75) is 70.8 Å². The summed E-state index contributed by atoms with van der Waals surface area (Å²) in [4.78, 5) is 4.13. The second kappa shape index (κ2) is 11.6. The third-order valence-corrected chi connectivity index (χ3v) is 4.11. The number of ether oxygens (including phenoxy) is 1. The Morgan fingerprint density at radius 2 is 1.76 bits per heavy atom. The Morgan fingerprint density at radius 3 is 2.38 bits per heavy atom. The third kappa shape index (κ3) is 6.94. The molecule has 0 fully saturated rings. The van der Waals surface area contributed by atoms with Gasteiger partial charge < -0.3 is 10.1 Å². The van der Waals surface area contributed by atoms with Gasteiger partial charge in [-0.25, -0.2) is 0 Å². The molecule has 0 aliphatic heterocycles. The van der Waals surface area contributed by atoms with Crippen molar-refractivity contribution in [1.29, 1.82) is 0 Å². The Bertz CT molecular complexity index is 368. The lowest BCUT2D eigenvalue weighted by Gasteiger charge is -2.18. The van der Waals surface area contributed by atoms with E-state index >= 15 is 0 Å². The van der Waals surface area contributed by atoms with Crippen LogP contribution in [0.4, 0.5) is 0 Å². The molecule has 1 aromatic heterocycles. The maximum atomic E-state index is 5.41. The number of unbranched alkanes of at least 4 members (excludes halogenated alkanes) is 7. The van der Waals surface area contributed by atoms with Crippen LogP contribution >= 0.6 is 0 Å². The monoisotopic (exact) mass is 292 g/mol. The second-order valence-electron chi connectivity index (χ2n) is 5.72. The van der Waals surface area contributed by atoms with Crippen molar-refractivity contribution in [3.63, 3.8) is 0 Å². The Balaban J connectivity index is 2.25. The Kier molecular flexibility index (Phi) is 9.88. The van der Waals surface area contributed by atoms with Gasteiger partial charge in [-0.3, -0.25) is 4.98 Å². The minimum Gasteiger partial charge on any atom is -0.495 e. The molecule has 3 nitrogen and oxygen atoms in total. The van der Waals surface area contributed by atoms with E-state index in [4.69, 9.17) is 4.74 Å². The van der Waals surface area contributed by atoms with Gasteiger partial charge in [-0.1, -0.05) is 58.3 Å². The molecule has 1 atom stereocenters. The van der Waals surface area contributed by atoms with E-state index < -0.39 is 0 Å². The molecule has 1 rings (SSSR count). The van der Waals surface area contributed by atoms with Crippen LogP contribution in [-0.2, 0) is 0 Å². The van der Waals surface area contributed by atoms with Crippen LogP contribution in [-0.4, -0.2) is 19.1 Å². The van der Waals surface area contributed by atoms with E-state index in [1.54, 1.807) is 13.3 Å². The van der Waals surface area contributed by atoms with Crippen LogP contribution < -0.4 is 10.1 Å². The van der Waals surface area contributed by atoms with E-state index in [0.717, 1.165) is 12.2 Å². The van der Waals surface area contributed by atoms with Gasteiger partial charge in [0.05, 0.1) is 13.3 Å². The number of rotatable bonds is 12. The zero-order valence-electron chi connectivity index (χ0n) is 14.0. The summed E-state index contributed by atoms with van der Waals surface area (Å²) in [6.45, 7) is 2.27. The fourth-order valence-electron chi connectivity index (χ4n) is 2.79.